The van der Waals surface area contributed by atoms with Gasteiger partial charge in [-0.2, -0.15) is 0 Å². The topological polar surface area (TPSA) is 95.2 Å². The summed E-state index contributed by atoms with van der Waals surface area (Å²) in [6, 6.07) is 8.03. The summed E-state index contributed by atoms with van der Waals surface area (Å²) in [7, 11) is -3.20. The van der Waals surface area contributed by atoms with Gasteiger partial charge < -0.3 is 4.98 Å². The summed E-state index contributed by atoms with van der Waals surface area (Å²) in [5, 5.41) is 0. The van der Waals surface area contributed by atoms with Crippen LogP contribution in [0, 0.1) is 11.7 Å². The number of nitrogens with one attached hydrogen (secondary N) is 2. The number of hydrogen-bond donors (Lipinski definition) is 2. The van der Waals surface area contributed by atoms with E-state index in [1.54, 1.807) is 12.1 Å². The molecule has 1 aliphatic rings. The molecule has 160 valence electrons. The van der Waals surface area contributed by atoms with E-state index in [0.29, 0.717) is 29.1 Å². The summed E-state index contributed by atoms with van der Waals surface area (Å²) < 4.78 is 39.0. The highest BCUT2D eigenvalue weighted by Crippen LogP contribution is 2.31. The Kier molecular flexibility index (Phi) is 6.01. The van der Waals surface area contributed by atoms with Crippen molar-refractivity contribution in [3.63, 3.8) is 0 Å². The van der Waals surface area contributed by atoms with Crippen LogP contribution in [0.25, 0.3) is 20.7 Å². The first-order chi connectivity index (χ1) is 14.3. The van der Waals surface area contributed by atoms with Gasteiger partial charge in [-0.1, -0.05) is 12.1 Å². The highest BCUT2D eigenvalue weighted by molar-refractivity contribution is 7.88. The molecule has 1 unspecified atom stereocenters. The van der Waals surface area contributed by atoms with Gasteiger partial charge in [0.2, 0.25) is 10.0 Å². The summed E-state index contributed by atoms with van der Waals surface area (Å²) in [4.78, 5) is 23.1. The van der Waals surface area contributed by atoms with Crippen LogP contribution in [0.1, 0.15) is 18.7 Å². The molecule has 7 nitrogen and oxygen atoms in total. The molecular weight excluding hydrogens is 427 g/mol. The van der Waals surface area contributed by atoms with Crippen LogP contribution >= 0.6 is 11.3 Å². The lowest BCUT2D eigenvalue weighted by Crippen LogP contribution is -2.40. The number of aromatic amines is 1. The van der Waals surface area contributed by atoms with E-state index in [1.165, 1.54) is 29.7 Å². The van der Waals surface area contributed by atoms with E-state index in [9.17, 15) is 17.6 Å². The summed E-state index contributed by atoms with van der Waals surface area (Å²) in [5.41, 5.74) is 1.30. The van der Waals surface area contributed by atoms with Gasteiger partial charge in [0.25, 0.3) is 5.56 Å². The number of hydrogen-bond acceptors (Lipinski definition) is 6. The summed E-state index contributed by atoms with van der Waals surface area (Å²) in [6.07, 6.45) is 3.10. The summed E-state index contributed by atoms with van der Waals surface area (Å²) >= 11 is 1.34. The van der Waals surface area contributed by atoms with E-state index in [4.69, 9.17) is 0 Å². The Morgan fingerprint density at radius 1 is 1.33 bits per heavy atom. The monoisotopic (exact) mass is 450 g/mol. The van der Waals surface area contributed by atoms with Gasteiger partial charge in [0.15, 0.2) is 0 Å². The molecule has 30 heavy (non-hydrogen) atoms. The molecule has 0 aliphatic carbocycles. The van der Waals surface area contributed by atoms with E-state index in [2.05, 4.69) is 19.6 Å². The molecule has 1 atom stereocenters. The molecule has 0 bridgehead atoms. The number of fused-ring (bicyclic) bond motifs is 1. The minimum atomic E-state index is -3.20. The SMILES string of the molecule is CS(=O)(=O)NCC1CCCN(Cc2nc3cc(-c4ccc(F)cc4)sc3c(=O)[nH]2)C1. The Morgan fingerprint density at radius 2 is 2.10 bits per heavy atom. The van der Waals surface area contributed by atoms with Crippen LogP contribution in [-0.2, 0) is 16.6 Å². The molecule has 1 fully saturated rings. The highest BCUT2D eigenvalue weighted by atomic mass is 32.2. The maximum atomic E-state index is 13.2. The number of thiophene rings is 1. The number of sulfonamides is 1. The van der Waals surface area contributed by atoms with Crippen LogP contribution in [-0.4, -0.2) is 49.2 Å². The molecule has 4 rings (SSSR count). The average Bonchev–Trinajstić information content (AvgIpc) is 3.11. The average molecular weight is 451 g/mol. The predicted molar refractivity (Wildman–Crippen MR) is 116 cm³/mol. The van der Waals surface area contributed by atoms with Crippen LogP contribution in [0.15, 0.2) is 35.1 Å². The van der Waals surface area contributed by atoms with Crippen molar-refractivity contribution in [2.45, 2.75) is 19.4 Å². The number of benzene rings is 1. The van der Waals surface area contributed by atoms with Crippen molar-refractivity contribution in [3.8, 4) is 10.4 Å². The number of nitrogens with zero attached hydrogens (tertiary/aromatic N) is 2. The van der Waals surface area contributed by atoms with Crippen LogP contribution < -0.4 is 10.3 Å². The van der Waals surface area contributed by atoms with Crippen molar-refractivity contribution in [2.24, 2.45) is 5.92 Å². The Hall–Kier alpha value is -2.14. The third-order valence-corrected chi connectivity index (χ3v) is 7.03. The number of H-pyrrole nitrogens is 1. The second-order valence-corrected chi connectivity index (χ2v) is 10.6. The van der Waals surface area contributed by atoms with Gasteiger partial charge in [0, 0.05) is 18.0 Å². The van der Waals surface area contributed by atoms with Gasteiger partial charge in [0.05, 0.1) is 18.3 Å². The molecule has 10 heteroatoms. The third kappa shape index (κ3) is 5.12. The van der Waals surface area contributed by atoms with Gasteiger partial charge in [0.1, 0.15) is 16.3 Å². The first-order valence-electron chi connectivity index (χ1n) is 9.72. The molecule has 2 N–H and O–H groups in total. The first-order valence-corrected chi connectivity index (χ1v) is 12.4. The summed E-state index contributed by atoms with van der Waals surface area (Å²) in [6.45, 7) is 2.54. The fourth-order valence-corrected chi connectivity index (χ4v) is 5.30. The Balaban J connectivity index is 1.50. The van der Waals surface area contributed by atoms with Gasteiger partial charge in [-0.15, -0.1) is 11.3 Å². The number of piperidine rings is 1. The van der Waals surface area contributed by atoms with E-state index in [-0.39, 0.29) is 17.3 Å². The molecule has 3 heterocycles. The number of halogens is 1. The van der Waals surface area contributed by atoms with Crippen molar-refractivity contribution < 1.29 is 12.8 Å². The number of likely N-dealkylation sites (tertiary alicyclic amines) is 1. The zero-order valence-corrected chi connectivity index (χ0v) is 18.2. The molecular formula is C20H23FN4O3S2. The molecule has 0 radical (unpaired) electrons. The van der Waals surface area contributed by atoms with Crippen LogP contribution in [0.2, 0.25) is 0 Å². The van der Waals surface area contributed by atoms with Gasteiger partial charge in [-0.3, -0.25) is 9.69 Å². The quantitative estimate of drug-likeness (QED) is 0.602. The largest absolute Gasteiger partial charge is 0.308 e. The minimum Gasteiger partial charge on any atom is -0.308 e. The minimum absolute atomic E-state index is 0.180. The zero-order chi connectivity index (χ0) is 21.3. The highest BCUT2D eigenvalue weighted by Gasteiger charge is 2.22. The lowest BCUT2D eigenvalue weighted by atomic mass is 9.98. The van der Waals surface area contributed by atoms with E-state index < -0.39 is 10.0 Å². The maximum Gasteiger partial charge on any atom is 0.268 e. The lowest BCUT2D eigenvalue weighted by molar-refractivity contribution is 0.165. The molecule has 0 saturated carbocycles. The zero-order valence-electron chi connectivity index (χ0n) is 16.5. The standard InChI is InChI=1S/C20H23FN4O3S2/c1-30(27,28)22-10-13-3-2-8-25(11-13)12-18-23-16-9-17(29-19(16)20(26)24-18)14-4-6-15(21)7-5-14/h4-7,9,13,22H,2-3,8,10-12H2,1H3,(H,23,24,26). The fraction of sp³-hybridized carbons (Fsp3) is 0.400. The van der Waals surface area contributed by atoms with Crippen molar-refractivity contribution in [1.82, 2.24) is 19.6 Å². The molecule has 2 aromatic heterocycles. The van der Waals surface area contributed by atoms with E-state index >= 15 is 0 Å². The second kappa shape index (κ2) is 8.54. The maximum absolute atomic E-state index is 13.2. The first kappa shape index (κ1) is 21.1. The summed E-state index contributed by atoms with van der Waals surface area (Å²) in [5.74, 6) is 0.521. The smallest absolute Gasteiger partial charge is 0.268 e. The van der Waals surface area contributed by atoms with Gasteiger partial charge >= 0.3 is 0 Å². The normalized spacial score (nSPS) is 18.1. The molecule has 1 saturated heterocycles. The van der Waals surface area contributed by atoms with E-state index in [1.807, 2.05) is 6.07 Å². The number of rotatable bonds is 6. The van der Waals surface area contributed by atoms with Gasteiger partial charge in [-0.05, 0) is 49.1 Å². The Labute approximate surface area is 178 Å². The fourth-order valence-electron chi connectivity index (χ4n) is 3.76. The van der Waals surface area contributed by atoms with Crippen molar-refractivity contribution >= 4 is 31.6 Å². The van der Waals surface area contributed by atoms with Crippen LogP contribution in [0.4, 0.5) is 4.39 Å². The van der Waals surface area contributed by atoms with Crippen LogP contribution in [0.5, 0.6) is 0 Å². The predicted octanol–water partition coefficient (Wildman–Crippen LogP) is 2.55. The molecule has 1 aliphatic heterocycles. The molecule has 0 amide bonds. The Bertz CT molecular complexity index is 1210. The third-order valence-electron chi connectivity index (χ3n) is 5.17. The van der Waals surface area contributed by atoms with Crippen molar-refractivity contribution in [2.75, 3.05) is 25.9 Å². The van der Waals surface area contributed by atoms with Crippen LogP contribution in [0.3, 0.4) is 0 Å². The molecule has 0 spiro atoms. The second-order valence-electron chi connectivity index (χ2n) is 7.71. The molecule has 1 aromatic carbocycles. The number of aromatic nitrogens is 2. The molecule has 3 aromatic rings. The Morgan fingerprint density at radius 3 is 2.83 bits per heavy atom. The van der Waals surface area contributed by atoms with E-state index in [0.717, 1.165) is 36.4 Å². The van der Waals surface area contributed by atoms with Crippen molar-refractivity contribution in [1.29, 1.82) is 0 Å². The lowest BCUT2D eigenvalue weighted by Gasteiger charge is -2.32. The van der Waals surface area contributed by atoms with Crippen molar-refractivity contribution in [3.05, 3.63) is 52.3 Å². The van der Waals surface area contributed by atoms with Gasteiger partial charge in [-0.25, -0.2) is 22.5 Å².